The van der Waals surface area contributed by atoms with E-state index in [0.29, 0.717) is 26.7 Å². The van der Waals surface area contributed by atoms with Crippen molar-refractivity contribution in [3.05, 3.63) is 57.2 Å². The second-order valence-corrected chi connectivity index (χ2v) is 8.38. The molecule has 0 aliphatic rings. The van der Waals surface area contributed by atoms with Crippen molar-refractivity contribution in [2.75, 3.05) is 19.0 Å². The lowest BCUT2D eigenvalue weighted by atomic mass is 10.1. The van der Waals surface area contributed by atoms with E-state index in [0.717, 1.165) is 16.6 Å². The average molecular weight is 451 g/mol. The van der Waals surface area contributed by atoms with Gasteiger partial charge < -0.3 is 9.47 Å². The standard InChI is InChI=1S/C21H20Cl2N2O3S/c1-12-8-16-14(3)24-21(25-18(16)9-13(12)2)29-7-6-27-20(26)11-28-19-5-4-15(22)10-17(19)23/h4-5,8-10H,6-7,11H2,1-3H3. The summed E-state index contributed by atoms with van der Waals surface area (Å²) in [5.41, 5.74) is 4.28. The number of fused-ring (bicyclic) bond motifs is 1. The molecule has 0 amide bonds. The van der Waals surface area contributed by atoms with Crippen molar-refractivity contribution >= 4 is 51.8 Å². The van der Waals surface area contributed by atoms with E-state index < -0.39 is 5.97 Å². The van der Waals surface area contributed by atoms with Gasteiger partial charge in [0, 0.05) is 21.9 Å². The number of ether oxygens (including phenoxy) is 2. The second-order valence-electron chi connectivity index (χ2n) is 6.48. The van der Waals surface area contributed by atoms with Crippen molar-refractivity contribution in [1.82, 2.24) is 9.97 Å². The first-order valence-corrected chi connectivity index (χ1v) is 10.7. The van der Waals surface area contributed by atoms with Crippen LogP contribution in [0.5, 0.6) is 5.75 Å². The molecule has 1 aromatic heterocycles. The number of hydrogen-bond acceptors (Lipinski definition) is 6. The van der Waals surface area contributed by atoms with E-state index in [1.54, 1.807) is 18.2 Å². The number of halogens is 2. The highest BCUT2D eigenvalue weighted by Crippen LogP contribution is 2.27. The highest BCUT2D eigenvalue weighted by molar-refractivity contribution is 7.99. The number of benzene rings is 2. The van der Waals surface area contributed by atoms with E-state index in [2.05, 4.69) is 35.9 Å². The van der Waals surface area contributed by atoms with Crippen LogP contribution in [0.1, 0.15) is 16.8 Å². The summed E-state index contributed by atoms with van der Waals surface area (Å²) in [5.74, 6) is 0.453. The van der Waals surface area contributed by atoms with E-state index in [4.69, 9.17) is 32.7 Å². The summed E-state index contributed by atoms with van der Waals surface area (Å²) in [4.78, 5) is 21.0. The lowest BCUT2D eigenvalue weighted by Crippen LogP contribution is -2.16. The molecule has 0 spiro atoms. The molecule has 0 fully saturated rings. The first-order chi connectivity index (χ1) is 13.8. The number of carbonyl (C=O) groups is 1. The van der Waals surface area contributed by atoms with Gasteiger partial charge in [-0.05, 0) is 62.2 Å². The summed E-state index contributed by atoms with van der Waals surface area (Å²) in [5, 5.41) is 2.56. The molecule has 3 rings (SSSR count). The van der Waals surface area contributed by atoms with E-state index in [1.807, 2.05) is 6.92 Å². The van der Waals surface area contributed by atoms with Gasteiger partial charge in [-0.15, -0.1) is 0 Å². The molecule has 0 bridgehead atoms. The van der Waals surface area contributed by atoms with Crippen molar-refractivity contribution in [3.63, 3.8) is 0 Å². The van der Waals surface area contributed by atoms with Gasteiger partial charge in [0.25, 0.3) is 0 Å². The van der Waals surface area contributed by atoms with Crippen LogP contribution in [0, 0.1) is 20.8 Å². The summed E-state index contributed by atoms with van der Waals surface area (Å²) >= 11 is 13.3. The number of hydrogen-bond donors (Lipinski definition) is 0. The predicted octanol–water partition coefficient (Wildman–Crippen LogP) is 5.58. The van der Waals surface area contributed by atoms with Crippen LogP contribution < -0.4 is 4.74 Å². The monoisotopic (exact) mass is 450 g/mol. The molecule has 0 unspecified atom stereocenters. The maximum Gasteiger partial charge on any atom is 0.344 e. The number of aromatic nitrogens is 2. The quantitative estimate of drug-likeness (QED) is 0.202. The molecule has 0 atom stereocenters. The van der Waals surface area contributed by atoms with Crippen molar-refractivity contribution in [1.29, 1.82) is 0 Å². The fourth-order valence-electron chi connectivity index (χ4n) is 2.64. The van der Waals surface area contributed by atoms with Crippen molar-refractivity contribution in [2.24, 2.45) is 0 Å². The smallest absolute Gasteiger partial charge is 0.344 e. The van der Waals surface area contributed by atoms with E-state index in [-0.39, 0.29) is 13.2 Å². The van der Waals surface area contributed by atoms with Crippen LogP contribution in [-0.4, -0.2) is 34.9 Å². The van der Waals surface area contributed by atoms with Crippen molar-refractivity contribution in [3.8, 4) is 5.75 Å². The number of carbonyl (C=O) groups excluding carboxylic acids is 1. The van der Waals surface area contributed by atoms with Gasteiger partial charge in [-0.1, -0.05) is 35.0 Å². The Morgan fingerprint density at radius 1 is 1.07 bits per heavy atom. The number of nitrogens with zero attached hydrogens (tertiary/aromatic N) is 2. The normalized spacial score (nSPS) is 10.9. The van der Waals surface area contributed by atoms with Crippen LogP contribution in [0.2, 0.25) is 10.0 Å². The van der Waals surface area contributed by atoms with Gasteiger partial charge in [-0.25, -0.2) is 14.8 Å². The molecule has 2 aromatic carbocycles. The fraction of sp³-hybridized carbons (Fsp3) is 0.286. The van der Waals surface area contributed by atoms with Crippen LogP contribution >= 0.6 is 35.0 Å². The third-order valence-corrected chi connectivity index (χ3v) is 5.64. The summed E-state index contributed by atoms with van der Waals surface area (Å²) in [6, 6.07) is 8.98. The average Bonchev–Trinajstić information content (AvgIpc) is 2.66. The molecule has 1 heterocycles. The fourth-order valence-corrected chi connectivity index (χ4v) is 3.82. The Kier molecular flexibility index (Phi) is 7.22. The molecular formula is C21H20Cl2N2O3S. The van der Waals surface area contributed by atoms with Crippen LogP contribution in [0.15, 0.2) is 35.5 Å². The predicted molar refractivity (Wildman–Crippen MR) is 117 cm³/mol. The minimum absolute atomic E-state index is 0.226. The molecule has 3 aromatic rings. The molecule has 0 N–H and O–H groups in total. The lowest BCUT2D eigenvalue weighted by molar-refractivity contribution is -0.145. The summed E-state index contributed by atoms with van der Waals surface area (Å²) in [7, 11) is 0. The Bertz CT molecular complexity index is 1060. The van der Waals surface area contributed by atoms with Gasteiger partial charge in [0.05, 0.1) is 10.5 Å². The van der Waals surface area contributed by atoms with E-state index >= 15 is 0 Å². The SMILES string of the molecule is Cc1cc2nc(SCCOC(=O)COc3ccc(Cl)cc3Cl)nc(C)c2cc1C. The zero-order chi connectivity index (χ0) is 21.0. The zero-order valence-electron chi connectivity index (χ0n) is 16.3. The van der Waals surface area contributed by atoms with Crippen LogP contribution in [0.25, 0.3) is 10.9 Å². The molecule has 29 heavy (non-hydrogen) atoms. The molecule has 0 aliphatic heterocycles. The third kappa shape index (κ3) is 5.75. The number of esters is 1. The molecule has 8 heteroatoms. The van der Waals surface area contributed by atoms with Gasteiger partial charge in [0.1, 0.15) is 12.4 Å². The van der Waals surface area contributed by atoms with Gasteiger partial charge in [-0.2, -0.15) is 0 Å². The van der Waals surface area contributed by atoms with Gasteiger partial charge >= 0.3 is 5.97 Å². The molecule has 0 saturated heterocycles. The summed E-state index contributed by atoms with van der Waals surface area (Å²) in [6.45, 7) is 6.13. The third-order valence-electron chi connectivity index (χ3n) is 4.30. The number of thioether (sulfide) groups is 1. The minimum atomic E-state index is -0.474. The Morgan fingerprint density at radius 3 is 2.59 bits per heavy atom. The van der Waals surface area contributed by atoms with Crippen LogP contribution in [0.3, 0.4) is 0 Å². The number of aryl methyl sites for hydroxylation is 3. The zero-order valence-corrected chi connectivity index (χ0v) is 18.6. The van der Waals surface area contributed by atoms with Crippen molar-refractivity contribution in [2.45, 2.75) is 25.9 Å². The Labute approximate surface area is 183 Å². The first-order valence-electron chi connectivity index (χ1n) is 8.95. The summed E-state index contributed by atoms with van der Waals surface area (Å²) in [6.07, 6.45) is 0. The highest BCUT2D eigenvalue weighted by atomic mass is 35.5. The highest BCUT2D eigenvalue weighted by Gasteiger charge is 2.10. The van der Waals surface area contributed by atoms with E-state index in [1.165, 1.54) is 22.9 Å². The maximum absolute atomic E-state index is 11.8. The van der Waals surface area contributed by atoms with Gasteiger partial charge in [0.2, 0.25) is 0 Å². The lowest BCUT2D eigenvalue weighted by Gasteiger charge is -2.09. The van der Waals surface area contributed by atoms with Crippen LogP contribution in [0.4, 0.5) is 0 Å². The molecule has 0 aliphatic carbocycles. The Balaban J connectivity index is 1.48. The molecule has 0 radical (unpaired) electrons. The second kappa shape index (κ2) is 9.65. The summed E-state index contributed by atoms with van der Waals surface area (Å²) < 4.78 is 10.5. The molecule has 0 saturated carbocycles. The van der Waals surface area contributed by atoms with Crippen LogP contribution in [-0.2, 0) is 9.53 Å². The first kappa shape index (κ1) is 21.7. The molecule has 152 valence electrons. The molecule has 5 nitrogen and oxygen atoms in total. The Hall–Kier alpha value is -2.02. The number of rotatable bonds is 7. The topological polar surface area (TPSA) is 61.3 Å². The van der Waals surface area contributed by atoms with E-state index in [9.17, 15) is 4.79 Å². The van der Waals surface area contributed by atoms with Gasteiger partial charge in [0.15, 0.2) is 11.8 Å². The minimum Gasteiger partial charge on any atom is -0.480 e. The molecular weight excluding hydrogens is 431 g/mol. The van der Waals surface area contributed by atoms with Crippen molar-refractivity contribution < 1.29 is 14.3 Å². The largest absolute Gasteiger partial charge is 0.480 e. The Morgan fingerprint density at radius 2 is 1.83 bits per heavy atom. The van der Waals surface area contributed by atoms with Gasteiger partial charge in [-0.3, -0.25) is 0 Å². The maximum atomic E-state index is 11.8.